The first-order chi connectivity index (χ1) is 30.0. The minimum absolute atomic E-state index is 0.369. The Morgan fingerprint density at radius 1 is 0.410 bits per heavy atom. The Kier molecular flexibility index (Phi) is 7.00. The number of para-hydroxylation sites is 1. The van der Waals surface area contributed by atoms with Crippen molar-refractivity contribution in [2.24, 2.45) is 0 Å². The second kappa shape index (κ2) is 12.5. The van der Waals surface area contributed by atoms with Gasteiger partial charge in [-0.2, -0.15) is 0 Å². The van der Waals surface area contributed by atoms with E-state index < -0.39 is 15.3 Å². The van der Waals surface area contributed by atoms with E-state index in [1.165, 1.54) is 0 Å². The van der Waals surface area contributed by atoms with Crippen LogP contribution in [0.1, 0.15) is 22.3 Å². The normalized spacial score (nSPS) is 15.9. The molecule has 2 aliphatic carbocycles. The summed E-state index contributed by atoms with van der Waals surface area (Å²) in [6.45, 7) is 0. The SMILES string of the molecule is O=S1(=O)c2ccccc2-c2ccc3c(c21)-c1ccccc1C31c2ccccc2-c2ccccc2-c2ccc(-c3ccc4c(c3)nc(-c3ccccc3)n4-c3ccccc3)cc21. The van der Waals surface area contributed by atoms with E-state index in [-0.39, 0.29) is 0 Å². The Morgan fingerprint density at radius 2 is 0.967 bits per heavy atom. The highest BCUT2D eigenvalue weighted by molar-refractivity contribution is 7.92. The molecule has 4 nitrogen and oxygen atoms in total. The van der Waals surface area contributed by atoms with Crippen molar-refractivity contribution >= 4 is 20.9 Å². The quantitative estimate of drug-likeness (QED) is 0.179. The van der Waals surface area contributed by atoms with Crippen LogP contribution in [0.5, 0.6) is 0 Å². The summed E-state index contributed by atoms with van der Waals surface area (Å²) in [5, 5.41) is 0. The second-order valence-electron chi connectivity index (χ2n) is 16.2. The summed E-state index contributed by atoms with van der Waals surface area (Å²) in [4.78, 5) is 6.08. The van der Waals surface area contributed by atoms with Crippen LogP contribution < -0.4 is 0 Å². The number of imidazole rings is 1. The molecule has 0 fully saturated rings. The fourth-order valence-electron chi connectivity index (χ4n) is 10.7. The van der Waals surface area contributed by atoms with Crippen molar-refractivity contribution in [2.75, 3.05) is 0 Å². The molecule has 0 amide bonds. The summed E-state index contributed by atoms with van der Waals surface area (Å²) < 4.78 is 31.8. The molecule has 0 bridgehead atoms. The first-order valence-electron chi connectivity index (χ1n) is 20.6. The lowest BCUT2D eigenvalue weighted by Crippen LogP contribution is -2.29. The lowest BCUT2D eigenvalue weighted by molar-refractivity contribution is 0.599. The number of hydrogen-bond donors (Lipinski definition) is 0. The number of rotatable bonds is 3. The second-order valence-corrected chi connectivity index (χ2v) is 18.0. The molecule has 0 saturated heterocycles. The van der Waals surface area contributed by atoms with Crippen molar-refractivity contribution < 1.29 is 8.42 Å². The van der Waals surface area contributed by atoms with E-state index in [0.29, 0.717) is 9.79 Å². The molecule has 1 spiro atoms. The van der Waals surface area contributed by atoms with E-state index in [2.05, 4.69) is 168 Å². The number of aromatic nitrogens is 2. The average Bonchev–Trinajstić information content (AvgIpc) is 3.90. The monoisotopic (exact) mass is 798 g/mol. The van der Waals surface area contributed by atoms with Crippen molar-refractivity contribution in [3.63, 3.8) is 0 Å². The van der Waals surface area contributed by atoms with Crippen LogP contribution in [0.4, 0.5) is 0 Å². The van der Waals surface area contributed by atoms with E-state index >= 15 is 0 Å². The third-order valence-electron chi connectivity index (χ3n) is 13.2. The minimum Gasteiger partial charge on any atom is -0.292 e. The van der Waals surface area contributed by atoms with Crippen molar-refractivity contribution in [2.45, 2.75) is 15.2 Å². The van der Waals surface area contributed by atoms with Crippen LogP contribution in [-0.2, 0) is 15.3 Å². The molecule has 3 aliphatic rings. The van der Waals surface area contributed by atoms with Crippen LogP contribution >= 0.6 is 0 Å². The van der Waals surface area contributed by atoms with Gasteiger partial charge in [0.2, 0.25) is 9.84 Å². The van der Waals surface area contributed by atoms with E-state index in [0.717, 1.165) is 106 Å². The van der Waals surface area contributed by atoms with Gasteiger partial charge in [0.05, 0.1) is 26.2 Å². The molecule has 13 rings (SSSR count). The van der Waals surface area contributed by atoms with Crippen LogP contribution in [0.3, 0.4) is 0 Å². The van der Waals surface area contributed by atoms with Crippen molar-refractivity contribution in [1.29, 1.82) is 0 Å². The van der Waals surface area contributed by atoms with Crippen LogP contribution in [0.25, 0.3) is 83.7 Å². The zero-order chi connectivity index (χ0) is 40.5. The summed E-state index contributed by atoms with van der Waals surface area (Å²) >= 11 is 0. The summed E-state index contributed by atoms with van der Waals surface area (Å²) in [6.07, 6.45) is 0. The van der Waals surface area contributed by atoms with Crippen molar-refractivity contribution in [1.82, 2.24) is 9.55 Å². The van der Waals surface area contributed by atoms with Gasteiger partial charge in [0.1, 0.15) is 5.82 Å². The van der Waals surface area contributed by atoms with Crippen molar-refractivity contribution in [3.8, 4) is 72.7 Å². The highest BCUT2D eigenvalue weighted by atomic mass is 32.2. The van der Waals surface area contributed by atoms with E-state index in [1.807, 2.05) is 36.4 Å². The van der Waals surface area contributed by atoms with Crippen LogP contribution in [0.2, 0.25) is 0 Å². The molecule has 1 unspecified atom stereocenters. The Bertz CT molecular complexity index is 3610. The summed E-state index contributed by atoms with van der Waals surface area (Å²) in [7, 11) is -3.83. The smallest absolute Gasteiger partial charge is 0.208 e. The predicted octanol–water partition coefficient (Wildman–Crippen LogP) is 13.2. The standard InChI is InChI=1S/C56H34N2O2S/c59-61(60)52-26-14-11-22-43(52)44-30-31-48-53(54(44)61)45-23-10-13-25-47(45)56(48)46-24-12-9-21-41(46)39-19-7-8-20-40(39)42-29-27-36(33-49(42)56)37-28-32-51-50(34-37)57-55(35-15-3-1-4-16-35)58(51)38-17-5-2-6-18-38/h1-34H. The Morgan fingerprint density at radius 3 is 1.72 bits per heavy atom. The fraction of sp³-hybridized carbons (Fsp3) is 0.0179. The van der Waals surface area contributed by atoms with Gasteiger partial charge in [0.25, 0.3) is 0 Å². The van der Waals surface area contributed by atoms with E-state index in [4.69, 9.17) is 4.98 Å². The zero-order valence-electron chi connectivity index (χ0n) is 32.7. The van der Waals surface area contributed by atoms with Crippen LogP contribution in [0.15, 0.2) is 216 Å². The fourth-order valence-corrected chi connectivity index (χ4v) is 12.6. The molecule has 9 aromatic carbocycles. The van der Waals surface area contributed by atoms with Crippen molar-refractivity contribution in [3.05, 3.63) is 229 Å². The summed E-state index contributed by atoms with van der Waals surface area (Å²) in [5.41, 5.74) is 17.4. The van der Waals surface area contributed by atoms with Gasteiger partial charge < -0.3 is 0 Å². The minimum atomic E-state index is -3.83. The van der Waals surface area contributed by atoms with Crippen LogP contribution in [-0.4, -0.2) is 18.0 Å². The van der Waals surface area contributed by atoms with Gasteiger partial charge in [-0.15, -0.1) is 0 Å². The Hall–Kier alpha value is -7.60. The zero-order valence-corrected chi connectivity index (χ0v) is 33.6. The molecule has 0 radical (unpaired) electrons. The lowest BCUT2D eigenvalue weighted by Gasteiger charge is -2.35. The Balaban J connectivity index is 1.12. The largest absolute Gasteiger partial charge is 0.292 e. The third-order valence-corrected chi connectivity index (χ3v) is 15.1. The molecule has 10 aromatic rings. The first kappa shape index (κ1) is 34.3. The van der Waals surface area contributed by atoms with Gasteiger partial charge >= 0.3 is 0 Å². The maximum absolute atomic E-state index is 14.8. The van der Waals surface area contributed by atoms with Gasteiger partial charge in [-0.25, -0.2) is 13.4 Å². The van der Waals surface area contributed by atoms with Gasteiger partial charge in [0, 0.05) is 27.9 Å². The number of fused-ring (bicyclic) bond motifs is 17. The summed E-state index contributed by atoms with van der Waals surface area (Å²) in [5.74, 6) is 0.886. The molecule has 1 aliphatic heterocycles. The van der Waals surface area contributed by atoms with Gasteiger partial charge in [-0.05, 0) is 97.6 Å². The lowest BCUT2D eigenvalue weighted by atomic mass is 9.65. The molecule has 286 valence electrons. The molecule has 0 N–H and O–H groups in total. The number of hydrogen-bond acceptors (Lipinski definition) is 3. The molecular weight excluding hydrogens is 765 g/mol. The van der Waals surface area contributed by atoms with Gasteiger partial charge in [-0.3, -0.25) is 4.57 Å². The predicted molar refractivity (Wildman–Crippen MR) is 245 cm³/mol. The average molecular weight is 799 g/mol. The topological polar surface area (TPSA) is 52.0 Å². The molecule has 61 heavy (non-hydrogen) atoms. The van der Waals surface area contributed by atoms with E-state index in [9.17, 15) is 8.42 Å². The highest BCUT2D eigenvalue weighted by Crippen LogP contribution is 2.64. The molecule has 1 aromatic heterocycles. The van der Waals surface area contributed by atoms with Gasteiger partial charge in [-0.1, -0.05) is 170 Å². The van der Waals surface area contributed by atoms with Gasteiger partial charge in [0.15, 0.2) is 0 Å². The maximum atomic E-state index is 14.8. The molecule has 5 heteroatoms. The molecular formula is C56H34N2O2S. The first-order valence-corrected chi connectivity index (χ1v) is 22.1. The highest BCUT2D eigenvalue weighted by Gasteiger charge is 2.52. The number of benzene rings is 9. The maximum Gasteiger partial charge on any atom is 0.208 e. The molecule has 1 atom stereocenters. The Labute approximate surface area is 353 Å². The van der Waals surface area contributed by atoms with E-state index in [1.54, 1.807) is 6.07 Å². The summed E-state index contributed by atoms with van der Waals surface area (Å²) in [6, 6.07) is 71.8. The number of nitrogens with zero attached hydrogens (tertiary/aromatic N) is 2. The van der Waals surface area contributed by atoms with Crippen LogP contribution in [0, 0.1) is 0 Å². The molecule has 0 saturated carbocycles. The molecule has 2 heterocycles. The number of sulfone groups is 1. The third kappa shape index (κ3) is 4.53.